The Morgan fingerprint density at radius 3 is 2.56 bits per heavy atom. The summed E-state index contributed by atoms with van der Waals surface area (Å²) in [6.45, 7) is 1.93. The van der Waals surface area contributed by atoms with Crippen molar-refractivity contribution in [3.05, 3.63) is 57.7 Å². The molecule has 2 rings (SSSR count). The number of carbonyl (C=O) groups is 1. The highest BCUT2D eigenvalue weighted by molar-refractivity contribution is 6.42. The van der Waals surface area contributed by atoms with E-state index in [2.05, 4.69) is 10.3 Å². The summed E-state index contributed by atoms with van der Waals surface area (Å²) >= 11 is 11.6. The molecule has 1 heterocycles. The largest absolute Gasteiger partial charge is 0.307 e. The van der Waals surface area contributed by atoms with E-state index in [1.165, 1.54) is 6.07 Å². The van der Waals surface area contributed by atoms with Crippen molar-refractivity contribution < 1.29 is 4.79 Å². The second kappa shape index (κ2) is 5.38. The summed E-state index contributed by atoms with van der Waals surface area (Å²) in [7, 11) is 0. The van der Waals surface area contributed by atoms with Gasteiger partial charge in [-0.1, -0.05) is 29.3 Å². The zero-order valence-corrected chi connectivity index (χ0v) is 11.1. The van der Waals surface area contributed by atoms with Gasteiger partial charge in [-0.25, -0.2) is 4.98 Å². The maximum atomic E-state index is 11.9. The van der Waals surface area contributed by atoms with Crippen LogP contribution < -0.4 is 5.32 Å². The van der Waals surface area contributed by atoms with E-state index < -0.39 is 0 Å². The van der Waals surface area contributed by atoms with Gasteiger partial charge in [0.2, 0.25) is 0 Å². The van der Waals surface area contributed by atoms with Crippen molar-refractivity contribution in [1.82, 2.24) is 4.98 Å². The summed E-state index contributed by atoms with van der Waals surface area (Å²) in [5, 5.41) is 3.45. The van der Waals surface area contributed by atoms with Crippen molar-refractivity contribution in [3.8, 4) is 0 Å². The zero-order chi connectivity index (χ0) is 13.1. The van der Waals surface area contributed by atoms with Gasteiger partial charge < -0.3 is 5.32 Å². The minimum Gasteiger partial charge on any atom is -0.307 e. The number of benzene rings is 1. The molecule has 0 aliphatic carbocycles. The second-order valence-electron chi connectivity index (χ2n) is 3.80. The summed E-state index contributed by atoms with van der Waals surface area (Å²) in [6.07, 6.45) is 1.68. The Morgan fingerprint density at radius 1 is 1.17 bits per heavy atom. The molecular formula is C13H10Cl2N2O. The van der Waals surface area contributed by atoms with Crippen LogP contribution in [0.3, 0.4) is 0 Å². The van der Waals surface area contributed by atoms with Gasteiger partial charge in [-0.15, -0.1) is 0 Å². The lowest BCUT2D eigenvalue weighted by molar-refractivity contribution is 0.102. The molecule has 0 unspecified atom stereocenters. The minimum absolute atomic E-state index is 0.273. The predicted octanol–water partition coefficient (Wildman–Crippen LogP) is 3.95. The Labute approximate surface area is 115 Å². The van der Waals surface area contributed by atoms with E-state index in [0.29, 0.717) is 21.4 Å². The van der Waals surface area contributed by atoms with E-state index in [1.54, 1.807) is 24.4 Å². The lowest BCUT2D eigenvalue weighted by atomic mass is 10.2. The standard InChI is InChI=1S/C13H10Cl2N2O/c1-8-2-5-12(16-7-8)17-13(18)9-3-4-10(14)11(15)6-9/h2-7H,1H3,(H,16,17,18). The lowest BCUT2D eigenvalue weighted by Crippen LogP contribution is -2.12. The van der Waals surface area contributed by atoms with Crippen LogP contribution in [0.1, 0.15) is 15.9 Å². The van der Waals surface area contributed by atoms with Gasteiger partial charge >= 0.3 is 0 Å². The van der Waals surface area contributed by atoms with Crippen LogP contribution in [0.15, 0.2) is 36.5 Å². The number of aryl methyl sites for hydroxylation is 1. The van der Waals surface area contributed by atoms with Gasteiger partial charge in [0.15, 0.2) is 0 Å². The van der Waals surface area contributed by atoms with Crippen molar-refractivity contribution in [1.29, 1.82) is 0 Å². The van der Waals surface area contributed by atoms with Gasteiger partial charge in [-0.3, -0.25) is 4.79 Å². The van der Waals surface area contributed by atoms with Crippen molar-refractivity contribution in [2.45, 2.75) is 6.92 Å². The van der Waals surface area contributed by atoms with Crippen molar-refractivity contribution in [2.75, 3.05) is 5.32 Å². The van der Waals surface area contributed by atoms with Crippen LogP contribution in [-0.4, -0.2) is 10.9 Å². The Balaban J connectivity index is 2.16. The van der Waals surface area contributed by atoms with Gasteiger partial charge in [0, 0.05) is 11.8 Å². The monoisotopic (exact) mass is 280 g/mol. The predicted molar refractivity (Wildman–Crippen MR) is 73.4 cm³/mol. The molecule has 1 amide bonds. The normalized spacial score (nSPS) is 10.2. The highest BCUT2D eigenvalue weighted by Crippen LogP contribution is 2.22. The van der Waals surface area contributed by atoms with Crippen molar-refractivity contribution in [2.24, 2.45) is 0 Å². The van der Waals surface area contributed by atoms with Gasteiger partial charge in [-0.05, 0) is 36.8 Å². The molecule has 1 N–H and O–H groups in total. The van der Waals surface area contributed by atoms with E-state index >= 15 is 0 Å². The van der Waals surface area contributed by atoms with Gasteiger partial charge in [0.25, 0.3) is 5.91 Å². The van der Waals surface area contributed by atoms with Crippen LogP contribution in [0.5, 0.6) is 0 Å². The van der Waals surface area contributed by atoms with Crippen LogP contribution in [0, 0.1) is 6.92 Å². The molecule has 5 heteroatoms. The van der Waals surface area contributed by atoms with Gasteiger partial charge in [0.05, 0.1) is 10.0 Å². The Kier molecular flexibility index (Phi) is 3.84. The molecule has 0 aliphatic heterocycles. The summed E-state index contributed by atoms with van der Waals surface area (Å²) in [5.74, 6) is 0.224. The maximum Gasteiger partial charge on any atom is 0.256 e. The first-order valence-corrected chi connectivity index (χ1v) is 6.01. The molecule has 0 atom stereocenters. The average Bonchev–Trinajstić information content (AvgIpc) is 2.35. The summed E-state index contributed by atoms with van der Waals surface area (Å²) in [6, 6.07) is 8.33. The molecule has 2 aromatic rings. The fraction of sp³-hybridized carbons (Fsp3) is 0.0769. The Hall–Kier alpha value is -1.58. The molecular weight excluding hydrogens is 271 g/mol. The number of pyridine rings is 1. The van der Waals surface area contributed by atoms with E-state index in [0.717, 1.165) is 5.56 Å². The first-order valence-electron chi connectivity index (χ1n) is 5.25. The average molecular weight is 281 g/mol. The number of carbonyl (C=O) groups excluding carboxylic acids is 1. The molecule has 92 valence electrons. The number of rotatable bonds is 2. The molecule has 0 saturated heterocycles. The molecule has 0 bridgehead atoms. The molecule has 1 aromatic carbocycles. The number of aromatic nitrogens is 1. The number of anilines is 1. The van der Waals surface area contributed by atoms with Crippen LogP contribution in [0.4, 0.5) is 5.82 Å². The second-order valence-corrected chi connectivity index (χ2v) is 4.62. The molecule has 0 spiro atoms. The third-order valence-electron chi connectivity index (χ3n) is 2.33. The number of amides is 1. The number of nitrogens with zero attached hydrogens (tertiary/aromatic N) is 1. The van der Waals surface area contributed by atoms with E-state index in [-0.39, 0.29) is 5.91 Å². The number of nitrogens with one attached hydrogen (secondary N) is 1. The maximum absolute atomic E-state index is 11.9. The van der Waals surface area contributed by atoms with E-state index in [1.807, 2.05) is 13.0 Å². The quantitative estimate of drug-likeness (QED) is 0.905. The SMILES string of the molecule is Cc1ccc(NC(=O)c2ccc(Cl)c(Cl)c2)nc1. The lowest BCUT2D eigenvalue weighted by Gasteiger charge is -2.05. The number of halogens is 2. The van der Waals surface area contributed by atoms with Gasteiger partial charge in [0.1, 0.15) is 5.82 Å². The van der Waals surface area contributed by atoms with Crippen LogP contribution in [0.25, 0.3) is 0 Å². The van der Waals surface area contributed by atoms with Gasteiger partial charge in [-0.2, -0.15) is 0 Å². The third kappa shape index (κ3) is 3.00. The molecule has 0 saturated carbocycles. The first-order chi connectivity index (χ1) is 8.56. The van der Waals surface area contributed by atoms with Crippen molar-refractivity contribution in [3.63, 3.8) is 0 Å². The summed E-state index contributed by atoms with van der Waals surface area (Å²) in [4.78, 5) is 16.0. The highest BCUT2D eigenvalue weighted by atomic mass is 35.5. The molecule has 3 nitrogen and oxygen atoms in total. The van der Waals surface area contributed by atoms with Crippen LogP contribution in [0.2, 0.25) is 10.0 Å². The molecule has 0 aliphatic rings. The fourth-order valence-corrected chi connectivity index (χ4v) is 1.67. The summed E-state index contributed by atoms with van der Waals surface area (Å²) < 4.78 is 0. The third-order valence-corrected chi connectivity index (χ3v) is 3.07. The highest BCUT2D eigenvalue weighted by Gasteiger charge is 2.08. The Morgan fingerprint density at radius 2 is 1.94 bits per heavy atom. The van der Waals surface area contributed by atoms with Crippen LogP contribution >= 0.6 is 23.2 Å². The minimum atomic E-state index is -0.273. The van der Waals surface area contributed by atoms with E-state index in [4.69, 9.17) is 23.2 Å². The molecule has 0 fully saturated rings. The van der Waals surface area contributed by atoms with E-state index in [9.17, 15) is 4.79 Å². The Bertz CT molecular complexity index is 582. The number of hydrogen-bond acceptors (Lipinski definition) is 2. The topological polar surface area (TPSA) is 42.0 Å². The molecule has 1 aromatic heterocycles. The summed E-state index contributed by atoms with van der Waals surface area (Å²) in [5.41, 5.74) is 1.47. The molecule has 0 radical (unpaired) electrons. The fourth-order valence-electron chi connectivity index (χ4n) is 1.37. The smallest absolute Gasteiger partial charge is 0.256 e. The zero-order valence-electron chi connectivity index (χ0n) is 9.58. The first kappa shape index (κ1) is 12.9. The van der Waals surface area contributed by atoms with Crippen molar-refractivity contribution >= 4 is 34.9 Å². The molecule has 18 heavy (non-hydrogen) atoms. The number of hydrogen-bond donors (Lipinski definition) is 1. The van der Waals surface area contributed by atoms with Crippen LogP contribution in [-0.2, 0) is 0 Å².